The van der Waals surface area contributed by atoms with E-state index in [0.29, 0.717) is 5.92 Å². The Hall–Kier alpha value is -0.730. The summed E-state index contributed by atoms with van der Waals surface area (Å²) in [5.74, 6) is 2.29. The first-order valence-corrected chi connectivity index (χ1v) is 6.32. The summed E-state index contributed by atoms with van der Waals surface area (Å²) in [6.45, 7) is 5.95. The van der Waals surface area contributed by atoms with Gasteiger partial charge in [0.25, 0.3) is 0 Å². The van der Waals surface area contributed by atoms with Gasteiger partial charge >= 0.3 is 0 Å². The van der Waals surface area contributed by atoms with Crippen LogP contribution in [0.5, 0.6) is 5.75 Å². The minimum Gasteiger partial charge on any atom is -0.492 e. The zero-order valence-electron chi connectivity index (χ0n) is 9.66. The molecule has 1 aliphatic heterocycles. The van der Waals surface area contributed by atoms with Crippen LogP contribution in [0, 0.1) is 5.92 Å². The summed E-state index contributed by atoms with van der Waals surface area (Å²) in [4.78, 5) is 2.42. The summed E-state index contributed by atoms with van der Waals surface area (Å²) < 4.78 is 5.72. The number of benzene rings is 1. The van der Waals surface area contributed by atoms with Crippen LogP contribution < -0.4 is 4.74 Å². The Morgan fingerprint density at radius 2 is 2.25 bits per heavy atom. The summed E-state index contributed by atoms with van der Waals surface area (Å²) >= 11 is 5.85. The topological polar surface area (TPSA) is 12.5 Å². The van der Waals surface area contributed by atoms with E-state index < -0.39 is 0 Å². The van der Waals surface area contributed by atoms with Gasteiger partial charge in [0.05, 0.1) is 0 Å². The molecule has 1 heterocycles. The third kappa shape index (κ3) is 2.89. The molecular formula is C13H18ClNO. The van der Waals surface area contributed by atoms with E-state index in [0.717, 1.165) is 37.9 Å². The Morgan fingerprint density at radius 1 is 1.44 bits per heavy atom. The lowest BCUT2D eigenvalue weighted by Crippen LogP contribution is -2.30. The molecule has 16 heavy (non-hydrogen) atoms. The van der Waals surface area contributed by atoms with E-state index in [4.69, 9.17) is 16.3 Å². The molecule has 0 spiro atoms. The maximum absolute atomic E-state index is 5.85. The molecule has 1 aromatic carbocycles. The lowest BCUT2D eigenvalue weighted by Gasteiger charge is -2.22. The van der Waals surface area contributed by atoms with E-state index in [-0.39, 0.29) is 0 Å². The number of rotatable bonds is 3. The zero-order chi connectivity index (χ0) is 11.4. The Labute approximate surface area is 102 Å². The van der Waals surface area contributed by atoms with Gasteiger partial charge in [-0.05, 0) is 12.0 Å². The van der Waals surface area contributed by atoms with Crippen molar-refractivity contribution in [2.45, 2.75) is 13.5 Å². The van der Waals surface area contributed by atoms with Crippen LogP contribution in [-0.2, 0) is 6.54 Å². The molecule has 0 fully saturated rings. The molecule has 88 valence electrons. The smallest absolute Gasteiger partial charge is 0.123 e. The molecule has 1 aromatic rings. The third-order valence-corrected chi connectivity index (χ3v) is 3.39. The van der Waals surface area contributed by atoms with Crippen molar-refractivity contribution in [3.8, 4) is 5.75 Å². The fourth-order valence-corrected chi connectivity index (χ4v) is 2.12. The average molecular weight is 240 g/mol. The van der Waals surface area contributed by atoms with E-state index in [1.807, 2.05) is 12.1 Å². The maximum atomic E-state index is 5.85. The minimum absolute atomic E-state index is 0.534. The van der Waals surface area contributed by atoms with Crippen LogP contribution in [0.3, 0.4) is 0 Å². The van der Waals surface area contributed by atoms with Crippen molar-refractivity contribution in [3.05, 3.63) is 29.8 Å². The van der Waals surface area contributed by atoms with Gasteiger partial charge in [-0.25, -0.2) is 0 Å². The second-order valence-corrected chi connectivity index (χ2v) is 4.76. The molecule has 0 saturated heterocycles. The molecule has 0 amide bonds. The highest BCUT2D eigenvalue weighted by molar-refractivity contribution is 6.18. The highest BCUT2D eigenvalue weighted by Gasteiger charge is 2.16. The van der Waals surface area contributed by atoms with E-state index in [2.05, 4.69) is 24.0 Å². The Morgan fingerprint density at radius 3 is 3.06 bits per heavy atom. The van der Waals surface area contributed by atoms with Crippen molar-refractivity contribution < 1.29 is 4.74 Å². The first-order chi connectivity index (χ1) is 7.79. The lowest BCUT2D eigenvalue weighted by molar-refractivity contribution is 0.208. The molecule has 0 aromatic heterocycles. The number of para-hydroxylation sites is 1. The van der Waals surface area contributed by atoms with Gasteiger partial charge in [-0.2, -0.15) is 0 Å². The standard InChI is InChI=1S/C13H18ClNO/c1-11(8-14)9-15-6-7-16-13-5-3-2-4-12(13)10-15/h2-5,11H,6-10H2,1H3. The highest BCUT2D eigenvalue weighted by atomic mass is 35.5. The van der Waals surface area contributed by atoms with Gasteiger partial charge in [-0.15, -0.1) is 11.6 Å². The molecule has 3 heteroatoms. The van der Waals surface area contributed by atoms with Crippen LogP contribution >= 0.6 is 11.6 Å². The van der Waals surface area contributed by atoms with Gasteiger partial charge < -0.3 is 4.74 Å². The maximum Gasteiger partial charge on any atom is 0.123 e. The number of hydrogen-bond donors (Lipinski definition) is 0. The van der Waals surface area contributed by atoms with E-state index in [9.17, 15) is 0 Å². The fraction of sp³-hybridized carbons (Fsp3) is 0.538. The summed E-state index contributed by atoms with van der Waals surface area (Å²) in [6, 6.07) is 8.27. The molecule has 1 aliphatic rings. The molecule has 0 aliphatic carbocycles. The van der Waals surface area contributed by atoms with Crippen LogP contribution in [0.4, 0.5) is 0 Å². The molecule has 1 atom stereocenters. The van der Waals surface area contributed by atoms with Crippen LogP contribution in [0.15, 0.2) is 24.3 Å². The van der Waals surface area contributed by atoms with Gasteiger partial charge in [0, 0.05) is 31.1 Å². The largest absolute Gasteiger partial charge is 0.492 e. The average Bonchev–Trinajstić information content (AvgIpc) is 2.50. The molecule has 1 unspecified atom stereocenters. The molecule has 0 radical (unpaired) electrons. The van der Waals surface area contributed by atoms with E-state index >= 15 is 0 Å². The Kier molecular flexibility index (Phi) is 4.08. The molecule has 2 nitrogen and oxygen atoms in total. The number of nitrogens with zero attached hydrogens (tertiary/aromatic N) is 1. The predicted octanol–water partition coefficient (Wildman–Crippen LogP) is 2.76. The summed E-state index contributed by atoms with van der Waals surface area (Å²) in [6.07, 6.45) is 0. The number of fused-ring (bicyclic) bond motifs is 1. The molecule has 0 N–H and O–H groups in total. The van der Waals surface area contributed by atoms with E-state index in [1.54, 1.807) is 0 Å². The Balaban J connectivity index is 2.05. The van der Waals surface area contributed by atoms with Crippen LogP contribution in [0.2, 0.25) is 0 Å². The first kappa shape index (κ1) is 11.7. The summed E-state index contributed by atoms with van der Waals surface area (Å²) in [5.41, 5.74) is 1.28. The van der Waals surface area contributed by atoms with Crippen LogP contribution in [-0.4, -0.2) is 30.5 Å². The second kappa shape index (κ2) is 5.55. The number of halogens is 1. The zero-order valence-corrected chi connectivity index (χ0v) is 10.4. The van der Waals surface area contributed by atoms with Gasteiger partial charge in [0.15, 0.2) is 0 Å². The number of alkyl halides is 1. The van der Waals surface area contributed by atoms with Gasteiger partial charge in [0.1, 0.15) is 12.4 Å². The normalized spacial score (nSPS) is 18.4. The van der Waals surface area contributed by atoms with Crippen molar-refractivity contribution in [1.29, 1.82) is 0 Å². The molecule has 0 saturated carbocycles. The molecule has 2 rings (SSSR count). The SMILES string of the molecule is CC(CCl)CN1CCOc2ccccc2C1. The second-order valence-electron chi connectivity index (χ2n) is 4.45. The van der Waals surface area contributed by atoms with Crippen LogP contribution in [0.25, 0.3) is 0 Å². The summed E-state index contributed by atoms with van der Waals surface area (Å²) in [7, 11) is 0. The highest BCUT2D eigenvalue weighted by Crippen LogP contribution is 2.22. The Bertz CT molecular complexity index is 342. The van der Waals surface area contributed by atoms with Crippen molar-refractivity contribution in [1.82, 2.24) is 4.90 Å². The third-order valence-electron chi connectivity index (χ3n) is 2.86. The number of ether oxygens (including phenoxy) is 1. The van der Waals surface area contributed by atoms with Crippen molar-refractivity contribution in [2.75, 3.05) is 25.6 Å². The summed E-state index contributed by atoms with van der Waals surface area (Å²) in [5, 5.41) is 0. The van der Waals surface area contributed by atoms with Crippen molar-refractivity contribution in [2.24, 2.45) is 5.92 Å². The fourth-order valence-electron chi connectivity index (χ4n) is 2.03. The van der Waals surface area contributed by atoms with Gasteiger partial charge in [-0.1, -0.05) is 25.1 Å². The van der Waals surface area contributed by atoms with E-state index in [1.165, 1.54) is 5.56 Å². The monoisotopic (exact) mass is 239 g/mol. The van der Waals surface area contributed by atoms with Crippen molar-refractivity contribution in [3.63, 3.8) is 0 Å². The predicted molar refractivity (Wildman–Crippen MR) is 67.1 cm³/mol. The van der Waals surface area contributed by atoms with Gasteiger partial charge in [0.2, 0.25) is 0 Å². The molecule has 0 bridgehead atoms. The van der Waals surface area contributed by atoms with Crippen LogP contribution in [0.1, 0.15) is 12.5 Å². The quantitative estimate of drug-likeness (QED) is 0.753. The lowest BCUT2D eigenvalue weighted by atomic mass is 10.1. The first-order valence-electron chi connectivity index (χ1n) is 5.78. The van der Waals surface area contributed by atoms with Gasteiger partial charge in [-0.3, -0.25) is 4.90 Å². The minimum atomic E-state index is 0.534. The van der Waals surface area contributed by atoms with Crippen molar-refractivity contribution >= 4 is 11.6 Å². The molecular weight excluding hydrogens is 222 g/mol. The number of hydrogen-bond acceptors (Lipinski definition) is 2.